The van der Waals surface area contributed by atoms with E-state index < -0.39 is 0 Å². The van der Waals surface area contributed by atoms with Crippen LogP contribution in [-0.2, 0) is 11.2 Å². The molecule has 29 heavy (non-hydrogen) atoms. The molecule has 0 saturated carbocycles. The molecule has 7 heteroatoms. The molecule has 0 fully saturated rings. The average Bonchev–Trinajstić information content (AvgIpc) is 3.01. The minimum Gasteiger partial charge on any atom is -0.363 e. The topological polar surface area (TPSA) is 75.9 Å². The van der Waals surface area contributed by atoms with Crippen molar-refractivity contribution in [1.82, 2.24) is 25.1 Å². The molecule has 1 N–H and O–H groups in total. The molecule has 0 aliphatic heterocycles. The third kappa shape index (κ3) is 5.43. The van der Waals surface area contributed by atoms with Crippen LogP contribution in [0.3, 0.4) is 0 Å². The zero-order chi connectivity index (χ0) is 20.8. The third-order valence-corrected chi connectivity index (χ3v) is 5.51. The highest BCUT2D eigenvalue weighted by Gasteiger charge is 2.15. The fraction of sp³-hybridized carbons (Fsp3) is 0.545. The SMILES string of the molecule is Cc1nn(-c2cc(N(C)C)ncn2)c(C)c1CCC(=O)NCCC1=CCCCC1. The van der Waals surface area contributed by atoms with Gasteiger partial charge in [-0.2, -0.15) is 5.10 Å². The highest BCUT2D eigenvalue weighted by Crippen LogP contribution is 2.21. The molecule has 7 nitrogen and oxygen atoms in total. The molecule has 2 aromatic rings. The van der Waals surface area contributed by atoms with E-state index in [9.17, 15) is 4.79 Å². The molecular formula is C22H32N6O. The van der Waals surface area contributed by atoms with Crippen LogP contribution in [0.4, 0.5) is 5.82 Å². The number of hydrogen-bond acceptors (Lipinski definition) is 5. The molecule has 1 aliphatic rings. The van der Waals surface area contributed by atoms with Crippen molar-refractivity contribution in [1.29, 1.82) is 0 Å². The number of amides is 1. The minimum absolute atomic E-state index is 0.102. The summed E-state index contributed by atoms with van der Waals surface area (Å²) in [7, 11) is 3.89. The van der Waals surface area contributed by atoms with Gasteiger partial charge in [0.05, 0.1) is 5.69 Å². The summed E-state index contributed by atoms with van der Waals surface area (Å²) in [4.78, 5) is 22.9. The Hall–Kier alpha value is -2.70. The molecule has 0 radical (unpaired) electrons. The molecule has 0 unspecified atom stereocenters. The molecule has 0 spiro atoms. The van der Waals surface area contributed by atoms with Gasteiger partial charge < -0.3 is 10.2 Å². The summed E-state index contributed by atoms with van der Waals surface area (Å²) >= 11 is 0. The number of anilines is 1. The number of aromatic nitrogens is 4. The van der Waals surface area contributed by atoms with Crippen molar-refractivity contribution in [2.24, 2.45) is 0 Å². The van der Waals surface area contributed by atoms with Gasteiger partial charge in [0, 0.05) is 38.8 Å². The molecule has 156 valence electrons. The Morgan fingerprint density at radius 3 is 2.76 bits per heavy atom. The maximum Gasteiger partial charge on any atom is 0.220 e. The van der Waals surface area contributed by atoms with E-state index in [4.69, 9.17) is 0 Å². The number of hydrogen-bond donors (Lipinski definition) is 1. The van der Waals surface area contributed by atoms with Crippen LogP contribution < -0.4 is 10.2 Å². The molecule has 1 aliphatic carbocycles. The first kappa shape index (κ1) is 21.0. The van der Waals surface area contributed by atoms with Crippen LogP contribution in [0.5, 0.6) is 0 Å². The van der Waals surface area contributed by atoms with Crippen molar-refractivity contribution in [3.63, 3.8) is 0 Å². The van der Waals surface area contributed by atoms with Gasteiger partial charge in [0.1, 0.15) is 12.1 Å². The monoisotopic (exact) mass is 396 g/mol. The lowest BCUT2D eigenvalue weighted by Crippen LogP contribution is -2.25. The van der Waals surface area contributed by atoms with Crippen LogP contribution in [0.2, 0.25) is 0 Å². The quantitative estimate of drug-likeness (QED) is 0.693. The van der Waals surface area contributed by atoms with Crippen molar-refractivity contribution in [2.75, 3.05) is 25.5 Å². The smallest absolute Gasteiger partial charge is 0.220 e. The van der Waals surface area contributed by atoms with Gasteiger partial charge in [-0.05, 0) is 57.9 Å². The molecule has 2 aromatic heterocycles. The van der Waals surface area contributed by atoms with Crippen LogP contribution in [0, 0.1) is 13.8 Å². The first-order valence-electron chi connectivity index (χ1n) is 10.4. The second kappa shape index (κ2) is 9.67. The zero-order valence-corrected chi connectivity index (χ0v) is 18.0. The van der Waals surface area contributed by atoms with Gasteiger partial charge in [0.2, 0.25) is 5.91 Å². The van der Waals surface area contributed by atoms with E-state index >= 15 is 0 Å². The lowest BCUT2D eigenvalue weighted by Gasteiger charge is -2.13. The van der Waals surface area contributed by atoms with Gasteiger partial charge in [-0.1, -0.05) is 11.6 Å². The van der Waals surface area contributed by atoms with E-state index in [2.05, 4.69) is 26.5 Å². The van der Waals surface area contributed by atoms with Gasteiger partial charge in [0.25, 0.3) is 0 Å². The van der Waals surface area contributed by atoms with Gasteiger partial charge in [-0.3, -0.25) is 4.79 Å². The number of carbonyl (C=O) groups is 1. The van der Waals surface area contributed by atoms with Gasteiger partial charge in [-0.25, -0.2) is 14.6 Å². The highest BCUT2D eigenvalue weighted by molar-refractivity contribution is 5.76. The Balaban J connectivity index is 1.58. The summed E-state index contributed by atoms with van der Waals surface area (Å²) in [6.07, 6.45) is 11.0. The van der Waals surface area contributed by atoms with Gasteiger partial charge in [0.15, 0.2) is 5.82 Å². The van der Waals surface area contributed by atoms with E-state index in [0.29, 0.717) is 12.8 Å². The highest BCUT2D eigenvalue weighted by atomic mass is 16.1. The Labute approximate surface area is 173 Å². The predicted molar refractivity (Wildman–Crippen MR) is 115 cm³/mol. The summed E-state index contributed by atoms with van der Waals surface area (Å²) in [5.41, 5.74) is 4.56. The van der Waals surface area contributed by atoms with Gasteiger partial charge in [-0.15, -0.1) is 0 Å². The lowest BCUT2D eigenvalue weighted by molar-refractivity contribution is -0.121. The summed E-state index contributed by atoms with van der Waals surface area (Å²) in [5, 5.41) is 7.72. The molecule has 3 rings (SSSR count). The third-order valence-electron chi connectivity index (χ3n) is 5.51. The number of nitrogens with one attached hydrogen (secondary N) is 1. The molecular weight excluding hydrogens is 364 g/mol. The van der Waals surface area contributed by atoms with E-state index in [1.165, 1.54) is 31.3 Å². The fourth-order valence-electron chi connectivity index (χ4n) is 3.78. The van der Waals surface area contributed by atoms with E-state index in [1.54, 1.807) is 6.33 Å². The Bertz CT molecular complexity index is 883. The van der Waals surface area contributed by atoms with E-state index in [1.807, 2.05) is 43.6 Å². The van der Waals surface area contributed by atoms with Crippen LogP contribution in [0.15, 0.2) is 24.0 Å². The second-order valence-electron chi connectivity index (χ2n) is 7.90. The van der Waals surface area contributed by atoms with Gasteiger partial charge >= 0.3 is 0 Å². The standard InChI is InChI=1S/C22H32N6O/c1-16-19(10-11-22(29)23-13-12-18-8-6-5-7-9-18)17(2)28(26-16)21-14-20(27(3)4)24-15-25-21/h8,14-15H,5-7,9-13H2,1-4H3,(H,23,29). The first-order valence-corrected chi connectivity index (χ1v) is 10.4. The minimum atomic E-state index is 0.102. The van der Waals surface area contributed by atoms with Crippen LogP contribution in [-0.4, -0.2) is 46.3 Å². The van der Waals surface area contributed by atoms with Crippen molar-refractivity contribution in [2.45, 2.75) is 58.8 Å². The Kier molecular flexibility index (Phi) is 7.01. The summed E-state index contributed by atoms with van der Waals surface area (Å²) in [6, 6.07) is 1.91. The van der Waals surface area contributed by atoms with Crippen LogP contribution in [0.25, 0.3) is 5.82 Å². The number of rotatable bonds is 8. The lowest BCUT2D eigenvalue weighted by atomic mass is 9.97. The normalized spacial score (nSPS) is 13.9. The van der Waals surface area contributed by atoms with E-state index in [0.717, 1.165) is 41.6 Å². The molecule has 2 heterocycles. The number of nitrogens with zero attached hydrogens (tertiary/aromatic N) is 5. The van der Waals surface area contributed by atoms with Crippen LogP contribution >= 0.6 is 0 Å². The molecule has 0 aromatic carbocycles. The second-order valence-corrected chi connectivity index (χ2v) is 7.90. The largest absolute Gasteiger partial charge is 0.363 e. The predicted octanol–water partition coefficient (Wildman–Crippen LogP) is 3.28. The molecule has 0 bridgehead atoms. The molecule has 0 saturated heterocycles. The maximum absolute atomic E-state index is 12.3. The molecule has 1 amide bonds. The van der Waals surface area contributed by atoms with Crippen molar-refractivity contribution < 1.29 is 4.79 Å². The summed E-state index contributed by atoms with van der Waals surface area (Å²) in [5.74, 6) is 1.67. The zero-order valence-electron chi connectivity index (χ0n) is 18.0. The van der Waals surface area contributed by atoms with Crippen LogP contribution in [0.1, 0.15) is 55.5 Å². The van der Waals surface area contributed by atoms with Crippen molar-refractivity contribution in [3.05, 3.63) is 41.0 Å². The van der Waals surface area contributed by atoms with Crippen molar-refractivity contribution in [3.8, 4) is 5.82 Å². The first-order chi connectivity index (χ1) is 14.0. The summed E-state index contributed by atoms with van der Waals surface area (Å²) in [6.45, 7) is 4.75. The van der Waals surface area contributed by atoms with Crippen molar-refractivity contribution >= 4 is 11.7 Å². The average molecular weight is 397 g/mol. The Morgan fingerprint density at radius 2 is 2.03 bits per heavy atom. The summed E-state index contributed by atoms with van der Waals surface area (Å²) < 4.78 is 1.84. The fourth-order valence-corrected chi connectivity index (χ4v) is 3.78. The number of aryl methyl sites for hydroxylation is 1. The number of allylic oxidation sites excluding steroid dienone is 1. The molecule has 0 atom stereocenters. The van der Waals surface area contributed by atoms with E-state index in [-0.39, 0.29) is 5.91 Å². The Morgan fingerprint density at radius 1 is 1.21 bits per heavy atom. The number of carbonyl (C=O) groups excluding carboxylic acids is 1. The maximum atomic E-state index is 12.3.